The van der Waals surface area contributed by atoms with Gasteiger partial charge in [0.25, 0.3) is 5.91 Å². The summed E-state index contributed by atoms with van der Waals surface area (Å²) in [6.07, 6.45) is 0. The molecule has 1 aliphatic heterocycles. The van der Waals surface area contributed by atoms with Gasteiger partial charge in [0.1, 0.15) is 5.82 Å². The van der Waals surface area contributed by atoms with Crippen molar-refractivity contribution in [2.45, 2.75) is 6.54 Å². The second-order valence-electron chi connectivity index (χ2n) is 8.04. The maximum atomic E-state index is 13.9. The second-order valence-corrected chi connectivity index (χ2v) is 8.04. The number of aromatic carboxylic acids is 1. The summed E-state index contributed by atoms with van der Waals surface area (Å²) in [6, 6.07) is 29.8. The highest BCUT2D eigenvalue weighted by Crippen LogP contribution is 2.43. The Hall–Kier alpha value is -4.51. The van der Waals surface area contributed by atoms with Gasteiger partial charge in [0.2, 0.25) is 0 Å². The van der Waals surface area contributed by atoms with Crippen LogP contribution in [0, 0.1) is 5.82 Å². The number of carboxylic acids is 1. The van der Waals surface area contributed by atoms with Crippen LogP contribution in [0.15, 0.2) is 103 Å². The average molecular weight is 449 g/mol. The Balaban J connectivity index is 1.69. The first-order chi connectivity index (χ1) is 16.5. The Bertz CT molecular complexity index is 1430. The molecule has 166 valence electrons. The molecule has 4 aromatic rings. The molecule has 1 aliphatic rings. The van der Waals surface area contributed by atoms with Gasteiger partial charge in [0.05, 0.1) is 23.4 Å². The molecule has 34 heavy (non-hydrogen) atoms. The number of amides is 1. The normalized spacial score (nSPS) is 14.1. The summed E-state index contributed by atoms with van der Waals surface area (Å²) < 4.78 is 13.7. The fourth-order valence-electron chi connectivity index (χ4n) is 4.34. The first-order valence-electron chi connectivity index (χ1n) is 10.8. The molecule has 0 saturated heterocycles. The van der Waals surface area contributed by atoms with Gasteiger partial charge in [-0.05, 0) is 47.0 Å². The van der Waals surface area contributed by atoms with E-state index >= 15 is 0 Å². The largest absolute Gasteiger partial charge is 0.478 e. The molecule has 0 atom stereocenters. The molecule has 4 aromatic carbocycles. The van der Waals surface area contributed by atoms with Crippen LogP contribution in [0.25, 0.3) is 11.1 Å². The molecule has 1 amide bonds. The SMILES string of the molecule is O=C(O)c1cccc(CN2C(=O)C(=C(c3ccccc3)c3ccc(F)cc3)c3ccccc32)c1. The van der Waals surface area contributed by atoms with Crippen molar-refractivity contribution >= 4 is 28.7 Å². The van der Waals surface area contributed by atoms with Crippen LogP contribution in [0.2, 0.25) is 0 Å². The molecule has 1 N–H and O–H groups in total. The molecule has 4 nitrogen and oxygen atoms in total. The lowest BCUT2D eigenvalue weighted by atomic mass is 9.90. The first kappa shape index (κ1) is 21.3. The third-order valence-corrected chi connectivity index (χ3v) is 5.88. The van der Waals surface area contributed by atoms with E-state index in [9.17, 15) is 19.1 Å². The maximum Gasteiger partial charge on any atom is 0.335 e. The summed E-state index contributed by atoms with van der Waals surface area (Å²) in [5, 5.41) is 9.35. The summed E-state index contributed by atoms with van der Waals surface area (Å²) in [7, 11) is 0. The van der Waals surface area contributed by atoms with Crippen molar-refractivity contribution in [2.75, 3.05) is 4.90 Å². The predicted octanol–water partition coefficient (Wildman–Crippen LogP) is 6.03. The van der Waals surface area contributed by atoms with Crippen molar-refractivity contribution in [2.24, 2.45) is 0 Å². The average Bonchev–Trinajstić information content (AvgIpc) is 3.13. The Morgan fingerprint density at radius 2 is 1.41 bits per heavy atom. The smallest absolute Gasteiger partial charge is 0.335 e. The summed E-state index contributed by atoms with van der Waals surface area (Å²) in [4.78, 5) is 27.0. The number of rotatable bonds is 5. The molecule has 0 saturated carbocycles. The van der Waals surface area contributed by atoms with Crippen molar-refractivity contribution < 1.29 is 19.1 Å². The summed E-state index contributed by atoms with van der Waals surface area (Å²) in [6.45, 7) is 0.228. The molecule has 0 aliphatic carbocycles. The Labute approximate surface area is 196 Å². The number of benzene rings is 4. The molecule has 5 heteroatoms. The van der Waals surface area contributed by atoms with Crippen molar-refractivity contribution in [1.29, 1.82) is 0 Å². The highest BCUT2D eigenvalue weighted by Gasteiger charge is 2.35. The van der Waals surface area contributed by atoms with Crippen LogP contribution in [-0.4, -0.2) is 17.0 Å². The third kappa shape index (κ3) is 3.88. The Morgan fingerprint density at radius 3 is 2.15 bits per heavy atom. The van der Waals surface area contributed by atoms with Crippen molar-refractivity contribution in [3.63, 3.8) is 0 Å². The van der Waals surface area contributed by atoms with Crippen LogP contribution in [0.5, 0.6) is 0 Å². The van der Waals surface area contributed by atoms with Gasteiger partial charge in [0, 0.05) is 11.1 Å². The summed E-state index contributed by atoms with van der Waals surface area (Å²) >= 11 is 0. The number of para-hydroxylation sites is 1. The molecular formula is C29H20FNO3. The number of anilines is 1. The van der Waals surface area contributed by atoms with Crippen LogP contribution >= 0.6 is 0 Å². The molecule has 5 rings (SSSR count). The maximum absolute atomic E-state index is 13.9. The molecule has 0 radical (unpaired) electrons. The number of carbonyl (C=O) groups is 2. The van der Waals surface area contributed by atoms with Gasteiger partial charge in [-0.3, -0.25) is 4.79 Å². The van der Waals surface area contributed by atoms with E-state index in [0.717, 1.165) is 28.0 Å². The van der Waals surface area contributed by atoms with Gasteiger partial charge >= 0.3 is 5.97 Å². The molecule has 0 bridgehead atoms. The van der Waals surface area contributed by atoms with Crippen molar-refractivity contribution in [1.82, 2.24) is 0 Å². The zero-order valence-electron chi connectivity index (χ0n) is 18.1. The van der Waals surface area contributed by atoms with Crippen LogP contribution in [0.3, 0.4) is 0 Å². The second kappa shape index (κ2) is 8.79. The van der Waals surface area contributed by atoms with E-state index in [0.29, 0.717) is 11.1 Å². The number of fused-ring (bicyclic) bond motifs is 1. The highest BCUT2D eigenvalue weighted by molar-refractivity contribution is 6.38. The zero-order chi connectivity index (χ0) is 23.7. The molecule has 0 fully saturated rings. The molecular weight excluding hydrogens is 429 g/mol. The van der Waals surface area contributed by atoms with E-state index in [1.165, 1.54) is 18.2 Å². The summed E-state index contributed by atoms with van der Waals surface area (Å²) in [5.74, 6) is -1.55. The molecule has 1 heterocycles. The number of hydrogen-bond acceptors (Lipinski definition) is 2. The predicted molar refractivity (Wildman–Crippen MR) is 130 cm³/mol. The topological polar surface area (TPSA) is 57.6 Å². The molecule has 0 aromatic heterocycles. The minimum atomic E-state index is -1.02. The van der Waals surface area contributed by atoms with Gasteiger partial charge in [-0.1, -0.05) is 72.8 Å². The first-order valence-corrected chi connectivity index (χ1v) is 10.8. The van der Waals surface area contributed by atoms with Gasteiger partial charge in [-0.25, -0.2) is 9.18 Å². The molecule has 0 spiro atoms. The van der Waals surface area contributed by atoms with Crippen LogP contribution in [0.1, 0.15) is 32.6 Å². The van der Waals surface area contributed by atoms with E-state index in [-0.39, 0.29) is 23.8 Å². The number of hydrogen-bond donors (Lipinski definition) is 1. The number of carboxylic acid groups (broad SMARTS) is 1. The van der Waals surface area contributed by atoms with Crippen LogP contribution in [0.4, 0.5) is 10.1 Å². The summed E-state index contributed by atoms with van der Waals surface area (Å²) in [5.41, 5.74) is 5.26. The number of halogens is 1. The van der Waals surface area contributed by atoms with E-state index in [4.69, 9.17) is 0 Å². The van der Waals surface area contributed by atoms with E-state index < -0.39 is 5.97 Å². The fourth-order valence-corrected chi connectivity index (χ4v) is 4.34. The third-order valence-electron chi connectivity index (χ3n) is 5.88. The lowest BCUT2D eigenvalue weighted by molar-refractivity contribution is -0.113. The van der Waals surface area contributed by atoms with Crippen molar-refractivity contribution in [3.8, 4) is 0 Å². The number of carbonyl (C=O) groups excluding carboxylic acids is 1. The van der Waals surface area contributed by atoms with E-state index in [1.54, 1.807) is 29.2 Å². The minimum Gasteiger partial charge on any atom is -0.478 e. The van der Waals surface area contributed by atoms with E-state index in [2.05, 4.69) is 0 Å². The Kier molecular flexibility index (Phi) is 5.52. The molecule has 0 unspecified atom stereocenters. The lowest BCUT2D eigenvalue weighted by Gasteiger charge is -2.18. The monoisotopic (exact) mass is 449 g/mol. The highest BCUT2D eigenvalue weighted by atomic mass is 19.1. The standard InChI is InChI=1S/C29H20FNO3/c30-23-15-13-21(14-16-23)26(20-8-2-1-3-9-20)27-24-11-4-5-12-25(24)31(28(27)32)18-19-7-6-10-22(17-19)29(33)34/h1-17H,18H2,(H,33,34). The van der Waals surface area contributed by atoms with Crippen LogP contribution < -0.4 is 4.90 Å². The van der Waals surface area contributed by atoms with Gasteiger partial charge in [-0.2, -0.15) is 0 Å². The fraction of sp³-hybridized carbons (Fsp3) is 0.0345. The number of nitrogens with zero attached hydrogens (tertiary/aromatic N) is 1. The Morgan fingerprint density at radius 1 is 0.765 bits per heavy atom. The van der Waals surface area contributed by atoms with E-state index in [1.807, 2.05) is 60.7 Å². The van der Waals surface area contributed by atoms with Crippen LogP contribution in [-0.2, 0) is 11.3 Å². The van der Waals surface area contributed by atoms with Gasteiger partial charge in [-0.15, -0.1) is 0 Å². The quantitative estimate of drug-likeness (QED) is 0.379. The zero-order valence-corrected chi connectivity index (χ0v) is 18.1. The minimum absolute atomic E-state index is 0.171. The van der Waals surface area contributed by atoms with Gasteiger partial charge in [0.15, 0.2) is 0 Å². The van der Waals surface area contributed by atoms with Gasteiger partial charge < -0.3 is 10.0 Å². The lowest BCUT2D eigenvalue weighted by Crippen LogP contribution is -2.26. The van der Waals surface area contributed by atoms with Crippen molar-refractivity contribution in [3.05, 3.63) is 137 Å².